The number of rotatable bonds is 0. The van der Waals surface area contributed by atoms with Gasteiger partial charge in [-0.1, -0.05) is 37.6 Å². The zero-order valence-electron chi connectivity index (χ0n) is 13.7. The van der Waals surface area contributed by atoms with Gasteiger partial charge in [0, 0.05) is 0 Å². The Balaban J connectivity index is 1.69. The number of fused-ring (bicyclic) bond motifs is 5. The van der Waals surface area contributed by atoms with E-state index < -0.39 is 0 Å². The molecule has 1 heteroatoms. The molecule has 0 aromatic rings. The van der Waals surface area contributed by atoms with Crippen molar-refractivity contribution in [2.24, 2.45) is 28.6 Å². The van der Waals surface area contributed by atoms with Crippen LogP contribution >= 0.6 is 0 Å². The molecule has 1 nitrogen and oxygen atoms in total. The summed E-state index contributed by atoms with van der Waals surface area (Å²) in [6.45, 7) is 9.42. The lowest BCUT2D eigenvalue weighted by Crippen LogP contribution is -2.49. The molecule has 0 aliphatic heterocycles. The molecule has 0 bridgehead atoms. The molecule has 4 rings (SSSR count). The molecule has 0 amide bonds. The lowest BCUT2D eigenvalue weighted by atomic mass is 9.47. The zero-order valence-corrected chi connectivity index (χ0v) is 13.7. The molecule has 4 aliphatic carbocycles. The largest absolute Gasteiger partial charge is 0.389 e. The number of hydrogen-bond acceptors (Lipinski definition) is 1. The van der Waals surface area contributed by atoms with E-state index in [-0.39, 0.29) is 6.10 Å². The van der Waals surface area contributed by atoms with Crippen molar-refractivity contribution >= 4 is 0 Å². The van der Waals surface area contributed by atoms with Gasteiger partial charge in [0.15, 0.2) is 0 Å². The average Bonchev–Trinajstić information content (AvgIpc) is 2.76. The maximum absolute atomic E-state index is 10.00. The van der Waals surface area contributed by atoms with E-state index in [2.05, 4.69) is 26.5 Å². The van der Waals surface area contributed by atoms with E-state index in [0.717, 1.165) is 24.2 Å². The average molecular weight is 286 g/mol. The Hall–Kier alpha value is -0.560. The van der Waals surface area contributed by atoms with Crippen molar-refractivity contribution in [3.63, 3.8) is 0 Å². The van der Waals surface area contributed by atoms with E-state index in [4.69, 9.17) is 0 Å². The van der Waals surface area contributed by atoms with Gasteiger partial charge in [-0.25, -0.2) is 0 Å². The summed E-state index contributed by atoms with van der Waals surface area (Å²) in [5, 5.41) is 10.00. The van der Waals surface area contributed by atoms with Crippen LogP contribution in [0, 0.1) is 28.6 Å². The van der Waals surface area contributed by atoms with Gasteiger partial charge < -0.3 is 5.11 Å². The molecule has 1 N–H and O–H groups in total. The van der Waals surface area contributed by atoms with Crippen molar-refractivity contribution < 1.29 is 5.11 Å². The highest BCUT2D eigenvalue weighted by Crippen LogP contribution is 2.66. The van der Waals surface area contributed by atoms with E-state index in [1.54, 1.807) is 5.57 Å². The van der Waals surface area contributed by atoms with Gasteiger partial charge in [-0.15, -0.1) is 0 Å². The molecule has 0 aromatic heterocycles. The molecular formula is C20H30O. The third kappa shape index (κ3) is 1.79. The van der Waals surface area contributed by atoms with Gasteiger partial charge in [0.2, 0.25) is 0 Å². The number of allylic oxidation sites excluding steroid dienone is 2. The van der Waals surface area contributed by atoms with Crippen molar-refractivity contribution in [2.75, 3.05) is 0 Å². The highest BCUT2D eigenvalue weighted by Gasteiger charge is 2.57. The van der Waals surface area contributed by atoms with Gasteiger partial charge >= 0.3 is 0 Å². The molecule has 3 unspecified atom stereocenters. The molecule has 0 saturated heterocycles. The molecule has 21 heavy (non-hydrogen) atoms. The molecule has 0 spiro atoms. The van der Waals surface area contributed by atoms with E-state index in [0.29, 0.717) is 10.8 Å². The van der Waals surface area contributed by atoms with Crippen LogP contribution in [0.25, 0.3) is 0 Å². The second kappa shape index (κ2) is 4.47. The van der Waals surface area contributed by atoms with Crippen molar-refractivity contribution in [2.45, 2.75) is 71.3 Å². The Morgan fingerprint density at radius 1 is 1.00 bits per heavy atom. The molecule has 6 atom stereocenters. The minimum Gasteiger partial charge on any atom is -0.389 e. The first-order valence-corrected chi connectivity index (χ1v) is 9.02. The number of hydrogen-bond donors (Lipinski definition) is 1. The summed E-state index contributed by atoms with van der Waals surface area (Å²) >= 11 is 0. The fourth-order valence-electron chi connectivity index (χ4n) is 6.62. The fourth-order valence-corrected chi connectivity index (χ4v) is 6.62. The van der Waals surface area contributed by atoms with E-state index in [9.17, 15) is 5.11 Å². The van der Waals surface area contributed by atoms with Crippen molar-refractivity contribution in [1.29, 1.82) is 0 Å². The van der Waals surface area contributed by atoms with E-state index in [1.807, 2.05) is 0 Å². The van der Waals surface area contributed by atoms with Crippen molar-refractivity contribution in [3.05, 3.63) is 23.8 Å². The van der Waals surface area contributed by atoms with Gasteiger partial charge in [0.05, 0.1) is 6.10 Å². The summed E-state index contributed by atoms with van der Waals surface area (Å²) in [7, 11) is 0. The maximum Gasteiger partial charge on any atom is 0.0724 e. The Kier molecular flexibility index (Phi) is 2.99. The fraction of sp³-hybridized carbons (Fsp3) is 0.800. The SMILES string of the molecule is C=C1CCC2C3CCC4=C[C@@H](O)CC[C@]4(C)C3CC[C@]12C. The lowest BCUT2D eigenvalue weighted by Gasteiger charge is -2.58. The summed E-state index contributed by atoms with van der Waals surface area (Å²) in [6, 6.07) is 0. The summed E-state index contributed by atoms with van der Waals surface area (Å²) in [5.41, 5.74) is 3.94. The molecule has 0 radical (unpaired) electrons. The molecular weight excluding hydrogens is 256 g/mol. The summed E-state index contributed by atoms with van der Waals surface area (Å²) in [4.78, 5) is 0. The van der Waals surface area contributed by atoms with Crippen LogP contribution < -0.4 is 0 Å². The van der Waals surface area contributed by atoms with Crippen LogP contribution in [0.15, 0.2) is 23.8 Å². The monoisotopic (exact) mass is 286 g/mol. The third-order valence-electron chi connectivity index (χ3n) is 8.04. The Morgan fingerprint density at radius 3 is 2.52 bits per heavy atom. The van der Waals surface area contributed by atoms with Crippen LogP contribution in [-0.2, 0) is 0 Å². The predicted octanol–water partition coefficient (Wildman–Crippen LogP) is 4.87. The first-order chi connectivity index (χ1) is 9.95. The summed E-state index contributed by atoms with van der Waals surface area (Å²) < 4.78 is 0. The van der Waals surface area contributed by atoms with Crippen LogP contribution in [0.2, 0.25) is 0 Å². The molecule has 0 heterocycles. The zero-order chi connectivity index (χ0) is 14.8. The second-order valence-electron chi connectivity index (χ2n) is 8.73. The molecule has 116 valence electrons. The normalized spacial score (nSPS) is 52.7. The Morgan fingerprint density at radius 2 is 1.71 bits per heavy atom. The van der Waals surface area contributed by atoms with Crippen molar-refractivity contribution in [1.82, 2.24) is 0 Å². The minimum atomic E-state index is -0.176. The quantitative estimate of drug-likeness (QED) is 0.630. The van der Waals surface area contributed by atoms with Gasteiger partial charge in [-0.3, -0.25) is 0 Å². The van der Waals surface area contributed by atoms with E-state index >= 15 is 0 Å². The molecule has 3 fully saturated rings. The first kappa shape index (κ1) is 14.1. The number of aliphatic hydroxyl groups is 1. The smallest absolute Gasteiger partial charge is 0.0724 e. The maximum atomic E-state index is 10.00. The summed E-state index contributed by atoms with van der Waals surface area (Å²) in [6.07, 6.45) is 12.2. The van der Waals surface area contributed by atoms with Gasteiger partial charge in [-0.2, -0.15) is 0 Å². The van der Waals surface area contributed by atoms with Crippen LogP contribution in [-0.4, -0.2) is 11.2 Å². The Labute approximate surface area is 129 Å². The topological polar surface area (TPSA) is 20.2 Å². The van der Waals surface area contributed by atoms with Gasteiger partial charge in [-0.05, 0) is 80.0 Å². The van der Waals surface area contributed by atoms with Gasteiger partial charge in [0.25, 0.3) is 0 Å². The third-order valence-corrected chi connectivity index (χ3v) is 8.04. The van der Waals surface area contributed by atoms with E-state index in [1.165, 1.54) is 50.5 Å². The lowest BCUT2D eigenvalue weighted by molar-refractivity contribution is -0.0313. The molecule has 0 aromatic carbocycles. The van der Waals surface area contributed by atoms with Gasteiger partial charge in [0.1, 0.15) is 0 Å². The predicted molar refractivity (Wildman–Crippen MR) is 86.8 cm³/mol. The van der Waals surface area contributed by atoms with Crippen LogP contribution in [0.5, 0.6) is 0 Å². The van der Waals surface area contributed by atoms with Crippen LogP contribution in [0.3, 0.4) is 0 Å². The number of aliphatic hydroxyl groups excluding tert-OH is 1. The van der Waals surface area contributed by atoms with Crippen LogP contribution in [0.1, 0.15) is 65.2 Å². The van der Waals surface area contributed by atoms with Crippen LogP contribution in [0.4, 0.5) is 0 Å². The first-order valence-electron chi connectivity index (χ1n) is 9.02. The highest BCUT2D eigenvalue weighted by atomic mass is 16.3. The minimum absolute atomic E-state index is 0.176. The highest BCUT2D eigenvalue weighted by molar-refractivity contribution is 5.28. The Bertz CT molecular complexity index is 504. The van der Waals surface area contributed by atoms with Crippen molar-refractivity contribution in [3.8, 4) is 0 Å². The summed E-state index contributed by atoms with van der Waals surface area (Å²) in [5.74, 6) is 2.64. The second-order valence-corrected chi connectivity index (χ2v) is 8.73. The standard InChI is InChI=1S/C20H30O/c1-13-4-7-17-16-6-5-14-12-15(21)8-10-20(14,3)18(16)9-11-19(13,17)2/h12,15-18,21H,1,4-11H2,2-3H3/t15-,16?,17?,18?,19+,20-/m0/s1. The molecule has 4 aliphatic rings. The molecule has 3 saturated carbocycles.